The highest BCUT2D eigenvalue weighted by atomic mass is 19.3. The zero-order chi connectivity index (χ0) is 11.6. The molecule has 0 aromatic heterocycles. The van der Waals surface area contributed by atoms with E-state index < -0.39 is 11.8 Å². The number of halogens is 2. The third-order valence-electron chi connectivity index (χ3n) is 5.19. The van der Waals surface area contributed by atoms with Gasteiger partial charge >= 0.3 is 0 Å². The summed E-state index contributed by atoms with van der Waals surface area (Å²) in [6, 6.07) is 0. The Morgan fingerprint density at radius 2 is 1.81 bits per heavy atom. The Kier molecular flexibility index (Phi) is 1.93. The van der Waals surface area contributed by atoms with Crippen LogP contribution in [0.4, 0.5) is 8.78 Å². The normalized spacial score (nSPS) is 44.7. The molecule has 90 valence electrons. The fourth-order valence-corrected chi connectivity index (χ4v) is 4.00. The number of allylic oxidation sites excluding steroid dienone is 2. The summed E-state index contributed by atoms with van der Waals surface area (Å²) >= 11 is 0. The van der Waals surface area contributed by atoms with Crippen molar-refractivity contribution in [1.29, 1.82) is 0 Å². The van der Waals surface area contributed by atoms with Gasteiger partial charge in [-0.1, -0.05) is 25.5 Å². The minimum atomic E-state index is -2.09. The molecule has 0 saturated heterocycles. The molecular weight excluding hydrogens is 206 g/mol. The van der Waals surface area contributed by atoms with Crippen LogP contribution >= 0.6 is 0 Å². The first-order chi connectivity index (χ1) is 7.38. The highest BCUT2D eigenvalue weighted by Crippen LogP contribution is 2.78. The lowest BCUT2D eigenvalue weighted by atomic mass is 9.32. The molecule has 0 aromatic rings. The molecule has 0 aromatic carbocycles. The van der Waals surface area contributed by atoms with Gasteiger partial charge in [0.15, 0.2) is 0 Å². The van der Waals surface area contributed by atoms with E-state index in [2.05, 4.69) is 19.9 Å². The molecule has 0 N–H and O–H groups in total. The van der Waals surface area contributed by atoms with Gasteiger partial charge in [0.2, 0.25) is 6.43 Å². The zero-order valence-corrected chi connectivity index (χ0v) is 10.2. The molecule has 16 heavy (non-hydrogen) atoms. The highest BCUT2D eigenvalue weighted by molar-refractivity contribution is 5.34. The van der Waals surface area contributed by atoms with Crippen molar-refractivity contribution in [2.24, 2.45) is 16.2 Å². The molecule has 3 fully saturated rings. The van der Waals surface area contributed by atoms with Gasteiger partial charge in [0, 0.05) is 5.41 Å². The van der Waals surface area contributed by atoms with E-state index in [9.17, 15) is 8.78 Å². The molecule has 2 heteroatoms. The van der Waals surface area contributed by atoms with Gasteiger partial charge in [0.1, 0.15) is 0 Å². The van der Waals surface area contributed by atoms with E-state index in [0.717, 1.165) is 32.1 Å². The van der Waals surface area contributed by atoms with Gasteiger partial charge < -0.3 is 0 Å². The number of hydrogen-bond donors (Lipinski definition) is 0. The first-order valence-corrected chi connectivity index (χ1v) is 6.35. The summed E-state index contributed by atoms with van der Waals surface area (Å²) in [5.74, 6) is 0. The molecule has 0 spiro atoms. The topological polar surface area (TPSA) is 0 Å². The average Bonchev–Trinajstić information content (AvgIpc) is 2.02. The Morgan fingerprint density at radius 3 is 2.25 bits per heavy atom. The second kappa shape index (κ2) is 2.88. The Hall–Kier alpha value is -0.400. The Labute approximate surface area is 96.1 Å². The first kappa shape index (κ1) is 10.7. The number of alkyl halides is 2. The van der Waals surface area contributed by atoms with Gasteiger partial charge in [0.25, 0.3) is 0 Å². The molecule has 4 aliphatic rings. The van der Waals surface area contributed by atoms with Gasteiger partial charge in [-0.15, -0.1) is 0 Å². The van der Waals surface area contributed by atoms with Gasteiger partial charge in [-0.3, -0.25) is 0 Å². The Bertz CT molecular complexity index is 332. The molecule has 4 aliphatic carbocycles. The predicted octanol–water partition coefficient (Wildman–Crippen LogP) is 4.56. The highest BCUT2D eigenvalue weighted by Gasteiger charge is 2.72. The second-order valence-electron chi connectivity index (χ2n) is 7.07. The van der Waals surface area contributed by atoms with E-state index in [1.54, 1.807) is 0 Å². The minimum absolute atomic E-state index is 0.229. The quantitative estimate of drug-likeness (QED) is 0.605. The SMILES string of the molecule is CC1(C)CC=C(C23CC(C(F)F)(C2)C3)CC1. The maximum Gasteiger partial charge on any atom is 0.244 e. The standard InChI is InChI=1S/C14H20F2/c1-12(2)5-3-10(4-6-12)13-7-14(8-13,9-13)11(15)16/h3,11H,4-9H2,1-2H3. The molecule has 0 radical (unpaired) electrons. The second-order valence-corrected chi connectivity index (χ2v) is 7.07. The van der Waals surface area contributed by atoms with Crippen LogP contribution in [-0.2, 0) is 0 Å². The van der Waals surface area contributed by atoms with Gasteiger partial charge in [0.05, 0.1) is 0 Å². The van der Waals surface area contributed by atoms with Crippen molar-refractivity contribution in [3.8, 4) is 0 Å². The van der Waals surface area contributed by atoms with Crippen LogP contribution in [0.25, 0.3) is 0 Å². The van der Waals surface area contributed by atoms with Gasteiger partial charge in [-0.05, 0) is 49.4 Å². The van der Waals surface area contributed by atoms with Crippen molar-refractivity contribution in [3.05, 3.63) is 11.6 Å². The third kappa shape index (κ3) is 1.25. The smallest absolute Gasteiger partial charge is 0.210 e. The minimum Gasteiger partial charge on any atom is -0.210 e. The zero-order valence-electron chi connectivity index (χ0n) is 10.2. The van der Waals surface area contributed by atoms with Crippen molar-refractivity contribution in [3.63, 3.8) is 0 Å². The van der Waals surface area contributed by atoms with Crippen molar-refractivity contribution in [2.75, 3.05) is 0 Å². The van der Waals surface area contributed by atoms with Crippen molar-refractivity contribution < 1.29 is 8.78 Å². The predicted molar refractivity (Wildman–Crippen MR) is 60.4 cm³/mol. The first-order valence-electron chi connectivity index (χ1n) is 6.35. The summed E-state index contributed by atoms with van der Waals surface area (Å²) in [6.45, 7) is 4.59. The van der Waals surface area contributed by atoms with Crippen molar-refractivity contribution in [2.45, 2.75) is 58.8 Å². The van der Waals surface area contributed by atoms with E-state index in [1.807, 2.05) is 0 Å². The Balaban J connectivity index is 1.69. The summed E-state index contributed by atoms with van der Waals surface area (Å²) < 4.78 is 25.5. The summed E-state index contributed by atoms with van der Waals surface area (Å²) in [6.07, 6.45) is 6.07. The van der Waals surface area contributed by atoms with Crippen molar-refractivity contribution in [1.82, 2.24) is 0 Å². The largest absolute Gasteiger partial charge is 0.244 e. The molecular formula is C14H20F2. The molecule has 0 unspecified atom stereocenters. The third-order valence-corrected chi connectivity index (χ3v) is 5.19. The van der Waals surface area contributed by atoms with E-state index in [-0.39, 0.29) is 5.41 Å². The van der Waals surface area contributed by atoms with E-state index >= 15 is 0 Å². The van der Waals surface area contributed by atoms with E-state index in [1.165, 1.54) is 12.0 Å². The van der Waals surface area contributed by atoms with Crippen LogP contribution in [0.2, 0.25) is 0 Å². The van der Waals surface area contributed by atoms with Crippen LogP contribution in [0, 0.1) is 16.2 Å². The maximum atomic E-state index is 12.7. The van der Waals surface area contributed by atoms with Crippen LogP contribution in [0.5, 0.6) is 0 Å². The summed E-state index contributed by atoms with van der Waals surface area (Å²) in [4.78, 5) is 0. The summed E-state index contributed by atoms with van der Waals surface area (Å²) in [7, 11) is 0. The molecule has 3 saturated carbocycles. The van der Waals surface area contributed by atoms with Crippen molar-refractivity contribution >= 4 is 0 Å². The van der Waals surface area contributed by atoms with E-state index in [4.69, 9.17) is 0 Å². The van der Waals surface area contributed by atoms with Crippen LogP contribution in [0.15, 0.2) is 11.6 Å². The maximum absolute atomic E-state index is 12.7. The van der Waals surface area contributed by atoms with Gasteiger partial charge in [-0.2, -0.15) is 0 Å². The van der Waals surface area contributed by atoms with Crippen LogP contribution in [0.1, 0.15) is 52.4 Å². The lowest BCUT2D eigenvalue weighted by Crippen LogP contribution is -2.65. The lowest BCUT2D eigenvalue weighted by Gasteiger charge is -2.71. The number of hydrogen-bond acceptors (Lipinski definition) is 0. The fourth-order valence-electron chi connectivity index (χ4n) is 4.00. The molecule has 4 rings (SSSR count). The number of rotatable bonds is 2. The summed E-state index contributed by atoms with van der Waals surface area (Å²) in [5.41, 5.74) is 1.60. The molecule has 0 heterocycles. The van der Waals surface area contributed by atoms with Crippen LogP contribution in [0.3, 0.4) is 0 Å². The molecule has 2 bridgehead atoms. The molecule has 0 atom stereocenters. The molecule has 0 nitrogen and oxygen atoms in total. The monoisotopic (exact) mass is 226 g/mol. The summed E-state index contributed by atoms with van der Waals surface area (Å²) in [5, 5.41) is 0. The molecule has 0 aliphatic heterocycles. The van der Waals surface area contributed by atoms with Crippen LogP contribution < -0.4 is 0 Å². The van der Waals surface area contributed by atoms with E-state index in [0.29, 0.717) is 5.41 Å². The lowest BCUT2D eigenvalue weighted by molar-refractivity contribution is -0.248. The Morgan fingerprint density at radius 1 is 1.19 bits per heavy atom. The fraction of sp³-hybridized carbons (Fsp3) is 0.857. The van der Waals surface area contributed by atoms with Crippen LogP contribution in [-0.4, -0.2) is 6.43 Å². The average molecular weight is 226 g/mol. The van der Waals surface area contributed by atoms with Gasteiger partial charge in [-0.25, -0.2) is 8.78 Å². The molecule has 0 amide bonds.